The van der Waals surface area contributed by atoms with Crippen molar-refractivity contribution in [3.63, 3.8) is 0 Å². The van der Waals surface area contributed by atoms with Crippen molar-refractivity contribution < 1.29 is 0 Å². The molecule has 1 atom stereocenters. The molecular formula is C14H16ClN3. The summed E-state index contributed by atoms with van der Waals surface area (Å²) < 4.78 is 1.72. The smallest absolute Gasteiger partial charge is 0.160 e. The number of hydrogen-bond acceptors (Lipinski definition) is 2. The zero-order valence-electron chi connectivity index (χ0n) is 10.6. The Hall–Kier alpha value is -1.35. The minimum absolute atomic E-state index is 0.403. The van der Waals surface area contributed by atoms with Crippen LogP contribution in [-0.4, -0.2) is 14.6 Å². The average Bonchev–Trinajstić information content (AvgIpc) is 2.97. The predicted molar refractivity (Wildman–Crippen MR) is 73.2 cm³/mol. The lowest BCUT2D eigenvalue weighted by Crippen LogP contribution is -2.02. The summed E-state index contributed by atoms with van der Waals surface area (Å²) in [5.41, 5.74) is 3.11. The van der Waals surface area contributed by atoms with Crippen molar-refractivity contribution in [1.29, 1.82) is 0 Å². The molecule has 2 heterocycles. The average molecular weight is 262 g/mol. The van der Waals surface area contributed by atoms with Gasteiger partial charge >= 0.3 is 0 Å². The summed E-state index contributed by atoms with van der Waals surface area (Å²) in [6, 6.07) is 1.94. The molecule has 0 fully saturated rings. The van der Waals surface area contributed by atoms with E-state index in [9.17, 15) is 0 Å². The van der Waals surface area contributed by atoms with Crippen molar-refractivity contribution in [3.05, 3.63) is 40.8 Å². The van der Waals surface area contributed by atoms with Gasteiger partial charge in [-0.05, 0) is 24.8 Å². The van der Waals surface area contributed by atoms with E-state index in [2.05, 4.69) is 31.1 Å². The van der Waals surface area contributed by atoms with Gasteiger partial charge in [0.05, 0.1) is 11.9 Å². The second kappa shape index (κ2) is 4.39. The van der Waals surface area contributed by atoms with Crippen LogP contribution in [0.3, 0.4) is 0 Å². The largest absolute Gasteiger partial charge is 0.233 e. The third-order valence-corrected chi connectivity index (χ3v) is 3.76. The normalized spacial score (nSPS) is 19.2. The van der Waals surface area contributed by atoms with Gasteiger partial charge in [0.2, 0.25) is 0 Å². The van der Waals surface area contributed by atoms with Gasteiger partial charge in [-0.2, -0.15) is 5.10 Å². The lowest BCUT2D eigenvalue weighted by atomic mass is 10.0. The van der Waals surface area contributed by atoms with Crippen LogP contribution in [0.5, 0.6) is 0 Å². The van der Waals surface area contributed by atoms with Crippen molar-refractivity contribution in [2.24, 2.45) is 0 Å². The summed E-state index contributed by atoms with van der Waals surface area (Å²) in [5.74, 6) is 0.808. The second-order valence-electron chi connectivity index (χ2n) is 5.11. The SMILES string of the molecule is CC(C)c1cnn2c(Cl)cc(C3C=CCC3)nc12. The maximum Gasteiger partial charge on any atom is 0.160 e. The minimum Gasteiger partial charge on any atom is -0.233 e. The molecule has 2 aromatic heterocycles. The fraction of sp³-hybridized carbons (Fsp3) is 0.429. The van der Waals surface area contributed by atoms with Gasteiger partial charge in [0, 0.05) is 11.5 Å². The molecule has 0 saturated carbocycles. The lowest BCUT2D eigenvalue weighted by molar-refractivity contribution is 0.765. The van der Waals surface area contributed by atoms with E-state index in [1.165, 1.54) is 0 Å². The monoisotopic (exact) mass is 261 g/mol. The van der Waals surface area contributed by atoms with Crippen LogP contribution in [0.25, 0.3) is 5.65 Å². The molecule has 0 bridgehead atoms. The van der Waals surface area contributed by atoms with Gasteiger partial charge in [-0.1, -0.05) is 37.6 Å². The highest BCUT2D eigenvalue weighted by Crippen LogP contribution is 2.30. The predicted octanol–water partition coefficient (Wildman–Crippen LogP) is 3.94. The first-order valence-electron chi connectivity index (χ1n) is 6.37. The van der Waals surface area contributed by atoms with Gasteiger partial charge in [-0.3, -0.25) is 0 Å². The summed E-state index contributed by atoms with van der Waals surface area (Å²) in [4.78, 5) is 4.76. The van der Waals surface area contributed by atoms with Gasteiger partial charge in [-0.15, -0.1) is 0 Å². The van der Waals surface area contributed by atoms with Crippen LogP contribution < -0.4 is 0 Å². The van der Waals surface area contributed by atoms with Crippen molar-refractivity contribution in [1.82, 2.24) is 14.6 Å². The standard InChI is InChI=1S/C14H16ClN3/c1-9(2)11-8-16-18-13(15)7-12(17-14(11)18)10-5-3-4-6-10/h3,5,7-10H,4,6H2,1-2H3. The third-order valence-electron chi connectivity index (χ3n) is 3.49. The Balaban J connectivity index is 2.17. The topological polar surface area (TPSA) is 30.2 Å². The Labute approximate surface area is 111 Å². The Kier molecular flexibility index (Phi) is 2.86. The van der Waals surface area contributed by atoms with Crippen LogP contribution in [0.2, 0.25) is 5.15 Å². The minimum atomic E-state index is 0.403. The lowest BCUT2D eigenvalue weighted by Gasteiger charge is -2.10. The van der Waals surface area contributed by atoms with Crippen molar-refractivity contribution in [2.75, 3.05) is 0 Å². The van der Waals surface area contributed by atoms with Crippen molar-refractivity contribution in [2.45, 2.75) is 38.5 Å². The molecule has 0 spiro atoms. The van der Waals surface area contributed by atoms with Gasteiger partial charge in [0.1, 0.15) is 5.15 Å². The second-order valence-corrected chi connectivity index (χ2v) is 5.49. The highest BCUT2D eigenvalue weighted by atomic mass is 35.5. The summed E-state index contributed by atoms with van der Waals surface area (Å²) in [6.07, 6.45) is 8.56. The molecule has 0 N–H and O–H groups in total. The molecule has 0 saturated heterocycles. The van der Waals surface area contributed by atoms with Gasteiger partial charge < -0.3 is 0 Å². The Morgan fingerprint density at radius 3 is 2.94 bits per heavy atom. The molecule has 1 aliphatic carbocycles. The summed E-state index contributed by atoms with van der Waals surface area (Å²) in [7, 11) is 0. The number of aromatic nitrogens is 3. The van der Waals surface area contributed by atoms with Gasteiger partial charge in [-0.25, -0.2) is 9.50 Å². The molecular weight excluding hydrogens is 246 g/mol. The maximum absolute atomic E-state index is 6.30. The molecule has 4 heteroatoms. The van der Waals surface area contributed by atoms with E-state index in [0.717, 1.165) is 29.7 Å². The molecule has 3 rings (SSSR count). The van der Waals surface area contributed by atoms with Crippen LogP contribution >= 0.6 is 11.6 Å². The molecule has 3 nitrogen and oxygen atoms in total. The highest BCUT2D eigenvalue weighted by molar-refractivity contribution is 6.29. The first-order valence-corrected chi connectivity index (χ1v) is 6.75. The fourth-order valence-corrected chi connectivity index (χ4v) is 2.67. The van der Waals surface area contributed by atoms with E-state index >= 15 is 0 Å². The summed E-state index contributed by atoms with van der Waals surface area (Å²) >= 11 is 6.30. The maximum atomic E-state index is 6.30. The van der Waals surface area contributed by atoms with E-state index in [1.807, 2.05) is 12.3 Å². The third kappa shape index (κ3) is 1.83. The first-order chi connectivity index (χ1) is 8.66. The summed E-state index contributed by atoms with van der Waals surface area (Å²) in [6.45, 7) is 4.30. The van der Waals surface area contributed by atoms with E-state index in [4.69, 9.17) is 16.6 Å². The highest BCUT2D eigenvalue weighted by Gasteiger charge is 2.18. The molecule has 0 radical (unpaired) electrons. The van der Waals surface area contributed by atoms with E-state index in [1.54, 1.807) is 4.52 Å². The number of hydrogen-bond donors (Lipinski definition) is 0. The molecule has 0 aromatic carbocycles. The molecule has 1 unspecified atom stereocenters. The van der Waals surface area contributed by atoms with Crippen LogP contribution in [0.4, 0.5) is 0 Å². The van der Waals surface area contributed by atoms with E-state index < -0.39 is 0 Å². The van der Waals surface area contributed by atoms with Crippen molar-refractivity contribution >= 4 is 17.2 Å². The number of fused-ring (bicyclic) bond motifs is 1. The zero-order chi connectivity index (χ0) is 12.7. The van der Waals surface area contributed by atoms with Crippen LogP contribution in [0, 0.1) is 0 Å². The van der Waals surface area contributed by atoms with Crippen molar-refractivity contribution in [3.8, 4) is 0 Å². The molecule has 0 aliphatic heterocycles. The van der Waals surface area contributed by atoms with Crippen LogP contribution in [0.1, 0.15) is 49.8 Å². The molecule has 1 aliphatic rings. The van der Waals surface area contributed by atoms with Crippen LogP contribution in [0.15, 0.2) is 24.4 Å². The Morgan fingerprint density at radius 2 is 2.28 bits per heavy atom. The molecule has 0 amide bonds. The molecule has 94 valence electrons. The Morgan fingerprint density at radius 1 is 1.44 bits per heavy atom. The quantitative estimate of drug-likeness (QED) is 0.605. The fourth-order valence-electron chi connectivity index (χ4n) is 2.44. The number of allylic oxidation sites excluding steroid dienone is 2. The first kappa shape index (κ1) is 11.7. The number of nitrogens with zero attached hydrogens (tertiary/aromatic N) is 3. The molecule has 18 heavy (non-hydrogen) atoms. The van der Waals surface area contributed by atoms with E-state index in [0.29, 0.717) is 17.0 Å². The van der Waals surface area contributed by atoms with Crippen LogP contribution in [-0.2, 0) is 0 Å². The van der Waals surface area contributed by atoms with Gasteiger partial charge in [0.15, 0.2) is 5.65 Å². The molecule has 2 aromatic rings. The van der Waals surface area contributed by atoms with E-state index in [-0.39, 0.29) is 0 Å². The number of rotatable bonds is 2. The van der Waals surface area contributed by atoms with Gasteiger partial charge in [0.25, 0.3) is 0 Å². The summed E-state index contributed by atoms with van der Waals surface area (Å²) in [5, 5.41) is 4.95. The number of halogens is 1. The Bertz CT molecular complexity index is 613. The zero-order valence-corrected chi connectivity index (χ0v) is 11.4.